The summed E-state index contributed by atoms with van der Waals surface area (Å²) in [5, 5.41) is 2.16. The Kier molecular flexibility index (Phi) is 11.1. The maximum atomic E-state index is 8.74. The van der Waals surface area contributed by atoms with Crippen LogP contribution in [0.15, 0.2) is 188 Å². The van der Waals surface area contributed by atoms with E-state index in [-0.39, 0.29) is 21.8 Å². The zero-order valence-corrected chi connectivity index (χ0v) is 46.3. The number of benzene rings is 8. The number of imidazole rings is 1. The molecule has 1 aliphatic rings. The number of aryl methyl sites for hydroxylation is 2. The van der Waals surface area contributed by atoms with Gasteiger partial charge in [0.25, 0.3) is 0 Å². The van der Waals surface area contributed by atoms with Crippen molar-refractivity contribution in [2.75, 3.05) is 0 Å². The third-order valence-corrected chi connectivity index (χ3v) is 16.5. The molecule has 0 spiro atoms. The minimum atomic E-state index is -2.38. The summed E-state index contributed by atoms with van der Waals surface area (Å²) in [5.41, 5.74) is 17.6. The van der Waals surface area contributed by atoms with E-state index in [2.05, 4.69) is 222 Å². The van der Waals surface area contributed by atoms with Crippen molar-refractivity contribution in [3.8, 4) is 62.1 Å². The quantitative estimate of drug-likeness (QED) is 0.152. The molecule has 3 heterocycles. The first-order valence-corrected chi connectivity index (χ1v) is 27.4. The molecular weight excluding hydrogens is 1100 g/mol. The van der Waals surface area contributed by atoms with Crippen molar-refractivity contribution < 1.29 is 28.2 Å². The number of para-hydroxylation sites is 3. The van der Waals surface area contributed by atoms with Crippen molar-refractivity contribution in [2.24, 2.45) is 0 Å². The summed E-state index contributed by atoms with van der Waals surface area (Å²) < 4.78 is 41.1. The van der Waals surface area contributed by atoms with Gasteiger partial charge in [-0.25, -0.2) is 0 Å². The van der Waals surface area contributed by atoms with Gasteiger partial charge in [0.2, 0.25) is 0 Å². The van der Waals surface area contributed by atoms with E-state index in [4.69, 9.17) is 13.8 Å². The zero-order chi connectivity index (χ0) is 54.5. The van der Waals surface area contributed by atoms with Gasteiger partial charge < -0.3 is 0 Å². The third-order valence-electron chi connectivity index (χ3n) is 15.5. The molecule has 75 heavy (non-hydrogen) atoms. The van der Waals surface area contributed by atoms with E-state index < -0.39 is 6.85 Å². The van der Waals surface area contributed by atoms with Crippen molar-refractivity contribution in [1.82, 2.24) is 18.7 Å². The first-order valence-electron chi connectivity index (χ1n) is 27.7. The van der Waals surface area contributed by atoms with Gasteiger partial charge in [-0.15, -0.1) is 0 Å². The van der Waals surface area contributed by atoms with Gasteiger partial charge in [0, 0.05) is 15.9 Å². The van der Waals surface area contributed by atoms with E-state index >= 15 is 0 Å². The number of ether oxygens (including phenoxy) is 1. The Bertz CT molecular complexity index is 4170. The van der Waals surface area contributed by atoms with Gasteiger partial charge in [0.15, 0.2) is 0 Å². The van der Waals surface area contributed by atoms with Gasteiger partial charge in [-0.2, -0.15) is 0 Å². The fraction of sp³-hybridized carbons (Fsp3) is 0.217. The van der Waals surface area contributed by atoms with E-state index in [1.807, 2.05) is 42.5 Å². The molecule has 376 valence electrons. The number of hydrogen-bond donors (Lipinski definition) is 0. The van der Waals surface area contributed by atoms with Crippen molar-refractivity contribution in [3.05, 3.63) is 220 Å². The molecule has 0 aliphatic heterocycles. The summed E-state index contributed by atoms with van der Waals surface area (Å²) >= 11 is 2.52. The Hall–Kier alpha value is -7.33. The number of rotatable bonds is 8. The predicted molar refractivity (Wildman–Crippen MR) is 309 cm³/mol. The normalized spacial score (nSPS) is 14.5. The van der Waals surface area contributed by atoms with Crippen LogP contribution in [0.25, 0.3) is 83.4 Å². The first-order chi connectivity index (χ1) is 37.2. The molecule has 8 aromatic carbocycles. The first kappa shape index (κ1) is 45.1. The molecular formula is C69H64N4OPt. The van der Waals surface area contributed by atoms with E-state index in [0.29, 0.717) is 22.9 Å². The van der Waals surface area contributed by atoms with Crippen LogP contribution in [0.2, 0.25) is 0 Å². The molecule has 3 aromatic heterocycles. The van der Waals surface area contributed by atoms with Gasteiger partial charge in [-0.05, 0) is 53.8 Å². The van der Waals surface area contributed by atoms with Crippen molar-refractivity contribution in [2.45, 2.75) is 97.7 Å². The van der Waals surface area contributed by atoms with Gasteiger partial charge in [0.05, 0.1) is 0 Å². The van der Waals surface area contributed by atoms with Gasteiger partial charge in [-0.1, -0.05) is 44.2 Å². The molecule has 0 atom stereocenters. The second-order valence-electron chi connectivity index (χ2n) is 23.1. The standard InChI is InChI=1S/C69H64N4O.Pt/c1-45-35-65(70-43-59(45)47-23-14-11-15-24-47)73-63-41-54(32-33-57(63)58-38-48-25-20-34-69(8,9)60(48)42-64(58)73)74-53-27-18-26-52(40-53)71-44-72(62-31-17-16-30-61(62)71)66-55(46-21-12-10-13-22-46)28-19-29-56(66)49-36-50(67(2,3)4)39-51(37-49)68(5,6)7;/h10-19,21-24,26-33,35-43H,20,25,34H2,1-9H3;/i1D3;. The van der Waals surface area contributed by atoms with Gasteiger partial charge in [0.1, 0.15) is 0 Å². The van der Waals surface area contributed by atoms with Crippen LogP contribution in [0.1, 0.15) is 100 Å². The number of nitrogens with zero attached hydrogens (tertiary/aromatic N) is 4. The minimum Gasteiger partial charge on any atom is -0.0622 e. The molecule has 12 rings (SSSR count). The summed E-state index contributed by atoms with van der Waals surface area (Å²) in [6, 6.07) is 64.1. The van der Waals surface area contributed by atoms with Crippen LogP contribution in [0.5, 0.6) is 11.5 Å². The second-order valence-corrected chi connectivity index (χ2v) is 24.1. The Morgan fingerprint density at radius 2 is 1.16 bits per heavy atom. The van der Waals surface area contributed by atoms with Crippen molar-refractivity contribution in [1.29, 1.82) is 0 Å². The molecule has 0 fully saturated rings. The smallest absolute Gasteiger partial charge is 0.0622 e. The summed E-state index contributed by atoms with van der Waals surface area (Å²) in [4.78, 5) is 5.07. The molecule has 0 saturated heterocycles. The van der Waals surface area contributed by atoms with Crippen LogP contribution in [-0.4, -0.2) is 18.7 Å². The SMILES string of the molecule is [2H]C([2H])([2H])c1cc(-n2c3cc(Oc4cccc(-n5[c](=[Pt])n(-c6c(-c7ccccc7)cccc6-c6cc(C(C)(C)C)cc(C(C)(C)C)c6)c6ccccc65)c4)ccc3c3cc4c(cc32)C(C)(C)CCC4)ncc1-c1ccccc1. The number of hydrogen-bond acceptors (Lipinski definition) is 2. The van der Waals surface area contributed by atoms with E-state index in [0.717, 1.165) is 89.5 Å². The summed E-state index contributed by atoms with van der Waals surface area (Å²) in [6.45, 7) is 16.1. The summed E-state index contributed by atoms with van der Waals surface area (Å²) in [6.07, 6.45) is 4.98. The fourth-order valence-electron chi connectivity index (χ4n) is 11.4. The van der Waals surface area contributed by atoms with Crippen LogP contribution in [0.4, 0.5) is 0 Å². The van der Waals surface area contributed by atoms with Crippen molar-refractivity contribution >= 4 is 32.8 Å². The van der Waals surface area contributed by atoms with Gasteiger partial charge in [-0.3, -0.25) is 0 Å². The molecule has 0 N–H and O–H groups in total. The number of pyridine rings is 1. The molecule has 0 saturated carbocycles. The van der Waals surface area contributed by atoms with Crippen LogP contribution in [0.3, 0.4) is 0 Å². The molecule has 1 aliphatic carbocycles. The van der Waals surface area contributed by atoms with Crippen LogP contribution in [0, 0.1) is 10.7 Å². The van der Waals surface area contributed by atoms with Crippen molar-refractivity contribution in [3.63, 3.8) is 0 Å². The van der Waals surface area contributed by atoms with Crippen LogP contribution in [-0.2, 0) is 42.0 Å². The zero-order valence-electron chi connectivity index (χ0n) is 47.0. The summed E-state index contributed by atoms with van der Waals surface area (Å²) in [7, 11) is 0. The molecule has 6 heteroatoms. The molecule has 0 unspecified atom stereocenters. The van der Waals surface area contributed by atoms with E-state index in [9.17, 15) is 0 Å². The second kappa shape index (κ2) is 18.5. The average molecular weight is 1160 g/mol. The molecule has 0 amide bonds. The maximum absolute atomic E-state index is 8.74. The Balaban J connectivity index is 1.01. The Labute approximate surface area is 456 Å². The average Bonchev–Trinajstić information content (AvgIpc) is 4.12. The Morgan fingerprint density at radius 1 is 0.547 bits per heavy atom. The third kappa shape index (κ3) is 8.73. The van der Waals surface area contributed by atoms with E-state index in [1.54, 1.807) is 12.3 Å². The Morgan fingerprint density at radius 3 is 1.84 bits per heavy atom. The predicted octanol–water partition coefficient (Wildman–Crippen LogP) is 18.3. The van der Waals surface area contributed by atoms with Crippen LogP contribution < -0.4 is 4.74 Å². The monoisotopic (exact) mass is 1160 g/mol. The number of aromatic nitrogens is 4. The summed E-state index contributed by atoms with van der Waals surface area (Å²) in [5.74, 6) is 1.88. The molecule has 11 aromatic rings. The fourth-order valence-corrected chi connectivity index (χ4v) is 12.5. The molecule has 5 nitrogen and oxygen atoms in total. The van der Waals surface area contributed by atoms with Crippen LogP contribution >= 0.6 is 0 Å². The topological polar surface area (TPSA) is 36.9 Å². The van der Waals surface area contributed by atoms with E-state index in [1.165, 1.54) is 27.8 Å². The molecule has 0 radical (unpaired) electrons. The number of fused-ring (bicyclic) bond motifs is 5. The van der Waals surface area contributed by atoms with Gasteiger partial charge >= 0.3 is 346 Å². The molecule has 0 bridgehead atoms. The minimum absolute atomic E-state index is 0.0132.